The third-order valence-electron chi connectivity index (χ3n) is 9.70. The Balaban J connectivity index is 1.48. The topological polar surface area (TPSA) is 12.5 Å². The molecule has 0 aromatic heterocycles. The molecule has 1 aliphatic heterocycles. The van der Waals surface area contributed by atoms with Gasteiger partial charge in [0.25, 0.3) is 0 Å². The Bertz CT molecular complexity index is 2170. The van der Waals surface area contributed by atoms with Crippen molar-refractivity contribution in [2.45, 2.75) is 12.3 Å². The highest BCUT2D eigenvalue weighted by Crippen LogP contribution is 2.64. The van der Waals surface area contributed by atoms with Crippen molar-refractivity contribution in [1.82, 2.24) is 0 Å². The number of hydrogen-bond acceptors (Lipinski definition) is 2. The van der Waals surface area contributed by atoms with Gasteiger partial charge >= 0.3 is 0 Å². The molecule has 47 heavy (non-hydrogen) atoms. The molecule has 6 aromatic rings. The van der Waals surface area contributed by atoms with Crippen molar-refractivity contribution in [2.75, 3.05) is 12.0 Å². The van der Waals surface area contributed by atoms with E-state index in [1.54, 1.807) is 7.11 Å². The lowest BCUT2D eigenvalue weighted by Crippen LogP contribution is -2.36. The first-order valence-electron chi connectivity index (χ1n) is 16.1. The molecule has 0 saturated carbocycles. The summed E-state index contributed by atoms with van der Waals surface area (Å²) in [6, 6.07) is 51.0. The average Bonchev–Trinajstić information content (AvgIpc) is 3.42. The fourth-order valence-corrected chi connectivity index (χ4v) is 7.61. The number of ether oxygens (including phenoxy) is 1. The van der Waals surface area contributed by atoms with Crippen molar-refractivity contribution in [3.63, 3.8) is 0 Å². The summed E-state index contributed by atoms with van der Waals surface area (Å²) in [5.41, 5.74) is 15.4. The lowest BCUT2D eigenvalue weighted by atomic mass is 9.64. The Morgan fingerprint density at radius 1 is 0.617 bits per heavy atom. The quantitative estimate of drug-likeness (QED) is 0.175. The van der Waals surface area contributed by atoms with Crippen LogP contribution in [0, 0.1) is 0 Å². The van der Waals surface area contributed by atoms with Gasteiger partial charge in [-0.25, -0.2) is 0 Å². The van der Waals surface area contributed by atoms with Crippen LogP contribution in [0.3, 0.4) is 0 Å². The summed E-state index contributed by atoms with van der Waals surface area (Å²) in [6.07, 6.45) is 8.01. The molecule has 0 bridgehead atoms. The zero-order valence-electron chi connectivity index (χ0n) is 26.7. The molecule has 0 radical (unpaired) electrons. The maximum atomic E-state index is 5.69. The van der Waals surface area contributed by atoms with Crippen LogP contribution in [0.1, 0.15) is 34.7 Å². The summed E-state index contributed by atoms with van der Waals surface area (Å²) in [4.78, 5) is 2.40. The Labute approximate surface area is 277 Å². The van der Waals surface area contributed by atoms with Crippen LogP contribution in [-0.2, 0) is 5.41 Å². The first-order valence-corrected chi connectivity index (χ1v) is 16.1. The highest BCUT2D eigenvalue weighted by molar-refractivity contribution is 5.97. The molecule has 0 fully saturated rings. The van der Waals surface area contributed by atoms with Crippen molar-refractivity contribution in [3.8, 4) is 28.0 Å². The van der Waals surface area contributed by atoms with Crippen LogP contribution in [-0.4, -0.2) is 7.11 Å². The van der Waals surface area contributed by atoms with Gasteiger partial charge in [-0.05, 0) is 99.0 Å². The Kier molecular flexibility index (Phi) is 7.00. The maximum Gasteiger partial charge on any atom is 0.120 e. The fourth-order valence-electron chi connectivity index (χ4n) is 7.61. The lowest BCUT2D eigenvalue weighted by molar-refractivity contribution is 0.415. The SMILES string of the molecule is C=C/C=C\C=C(/C)c1ccc2c(c1)C1(c3cc(-c4ccccc4)ccc3-2)c2ccccc2N(c2cccc(OC)c2)c2ccccc21. The van der Waals surface area contributed by atoms with Gasteiger partial charge in [-0.3, -0.25) is 0 Å². The van der Waals surface area contributed by atoms with E-state index in [2.05, 4.69) is 164 Å². The largest absolute Gasteiger partial charge is 0.497 e. The summed E-state index contributed by atoms with van der Waals surface area (Å²) in [5.74, 6) is 0.833. The van der Waals surface area contributed by atoms with Gasteiger partial charge in [0.1, 0.15) is 5.75 Å². The molecule has 8 rings (SSSR count). The van der Waals surface area contributed by atoms with Gasteiger partial charge in [-0.15, -0.1) is 0 Å². The molecule has 2 heteroatoms. The zero-order chi connectivity index (χ0) is 32.0. The molecule has 226 valence electrons. The van der Waals surface area contributed by atoms with Crippen molar-refractivity contribution in [3.05, 3.63) is 198 Å². The first-order chi connectivity index (χ1) is 23.1. The van der Waals surface area contributed by atoms with Crippen molar-refractivity contribution < 1.29 is 4.74 Å². The highest BCUT2D eigenvalue weighted by Gasteiger charge is 2.51. The van der Waals surface area contributed by atoms with Gasteiger partial charge < -0.3 is 9.64 Å². The number of rotatable bonds is 6. The van der Waals surface area contributed by atoms with E-state index in [0.29, 0.717) is 0 Å². The minimum atomic E-state index is -0.536. The summed E-state index contributed by atoms with van der Waals surface area (Å²) >= 11 is 0. The number of benzene rings is 6. The minimum absolute atomic E-state index is 0.536. The molecule has 1 heterocycles. The van der Waals surface area contributed by atoms with E-state index >= 15 is 0 Å². The van der Waals surface area contributed by atoms with Crippen LogP contribution in [0.5, 0.6) is 5.75 Å². The van der Waals surface area contributed by atoms with E-state index in [1.807, 2.05) is 18.2 Å². The molecule has 0 amide bonds. The number of para-hydroxylation sites is 2. The van der Waals surface area contributed by atoms with Crippen molar-refractivity contribution in [1.29, 1.82) is 0 Å². The van der Waals surface area contributed by atoms with Crippen LogP contribution in [0.25, 0.3) is 27.8 Å². The zero-order valence-corrected chi connectivity index (χ0v) is 26.7. The number of fused-ring (bicyclic) bond motifs is 9. The summed E-state index contributed by atoms with van der Waals surface area (Å²) in [7, 11) is 1.73. The van der Waals surface area contributed by atoms with E-state index in [0.717, 1.165) is 22.8 Å². The minimum Gasteiger partial charge on any atom is -0.497 e. The smallest absolute Gasteiger partial charge is 0.120 e. The van der Waals surface area contributed by atoms with Crippen LogP contribution in [0.4, 0.5) is 17.1 Å². The lowest BCUT2D eigenvalue weighted by Gasteiger charge is -2.45. The standard InChI is InChI=1S/C45H35NO/c1-4-5-7-15-31(2)33-24-26-37-38-27-25-34(32-16-8-6-9-17-32)29-42(38)45(41(37)28-33)39-20-10-12-22-43(39)46(44-23-13-11-21-40(44)45)35-18-14-19-36(30-35)47-3/h4-30H,1H2,2-3H3/b7-5-,31-15+. The predicted octanol–water partition coefficient (Wildman–Crippen LogP) is 11.7. The third kappa shape index (κ3) is 4.40. The molecule has 0 atom stereocenters. The normalized spacial score (nSPS) is 14.0. The van der Waals surface area contributed by atoms with Crippen LogP contribution >= 0.6 is 0 Å². The fraction of sp³-hybridized carbons (Fsp3) is 0.0667. The van der Waals surface area contributed by atoms with Gasteiger partial charge in [-0.2, -0.15) is 0 Å². The molecule has 6 aromatic carbocycles. The summed E-state index contributed by atoms with van der Waals surface area (Å²) in [6.45, 7) is 6.02. The molecule has 0 saturated heterocycles. The van der Waals surface area contributed by atoms with Gasteiger partial charge in [-0.1, -0.05) is 128 Å². The van der Waals surface area contributed by atoms with E-state index in [-0.39, 0.29) is 0 Å². The van der Waals surface area contributed by atoms with Crippen molar-refractivity contribution >= 4 is 22.6 Å². The molecule has 2 aliphatic rings. The molecule has 0 N–H and O–H groups in total. The average molecular weight is 606 g/mol. The molecule has 2 nitrogen and oxygen atoms in total. The monoisotopic (exact) mass is 605 g/mol. The molecule has 0 unspecified atom stereocenters. The first kappa shape index (κ1) is 28.6. The molecule has 1 spiro atoms. The summed E-state index contributed by atoms with van der Waals surface area (Å²) < 4.78 is 5.69. The van der Waals surface area contributed by atoms with Gasteiger partial charge in [0.15, 0.2) is 0 Å². The second-order valence-electron chi connectivity index (χ2n) is 12.2. The Morgan fingerprint density at radius 2 is 1.28 bits per heavy atom. The van der Waals surface area contributed by atoms with Crippen LogP contribution in [0.15, 0.2) is 170 Å². The van der Waals surface area contributed by atoms with Crippen LogP contribution in [0.2, 0.25) is 0 Å². The van der Waals surface area contributed by atoms with Gasteiger partial charge in [0, 0.05) is 11.8 Å². The van der Waals surface area contributed by atoms with Crippen LogP contribution < -0.4 is 9.64 Å². The third-order valence-corrected chi connectivity index (χ3v) is 9.70. The second kappa shape index (κ2) is 11.5. The van der Waals surface area contributed by atoms with Gasteiger partial charge in [0.05, 0.1) is 23.9 Å². The Hall–Kier alpha value is -5.86. The van der Waals surface area contributed by atoms with E-state index in [4.69, 9.17) is 4.74 Å². The second-order valence-corrected chi connectivity index (χ2v) is 12.2. The number of hydrogen-bond donors (Lipinski definition) is 0. The highest BCUT2D eigenvalue weighted by atomic mass is 16.5. The Morgan fingerprint density at radius 3 is 1.98 bits per heavy atom. The molecular weight excluding hydrogens is 571 g/mol. The number of anilines is 3. The molecule has 1 aliphatic carbocycles. The van der Waals surface area contributed by atoms with Crippen molar-refractivity contribution in [2.24, 2.45) is 0 Å². The number of allylic oxidation sites excluding steroid dienone is 5. The number of methoxy groups -OCH3 is 1. The van der Waals surface area contributed by atoms with Gasteiger partial charge in [0.2, 0.25) is 0 Å². The van der Waals surface area contributed by atoms with E-state index < -0.39 is 5.41 Å². The number of nitrogens with zero attached hydrogens (tertiary/aromatic N) is 1. The predicted molar refractivity (Wildman–Crippen MR) is 197 cm³/mol. The maximum absolute atomic E-state index is 5.69. The molecular formula is C45H35NO. The summed E-state index contributed by atoms with van der Waals surface area (Å²) in [5, 5.41) is 0. The van der Waals surface area contributed by atoms with E-state index in [9.17, 15) is 0 Å². The van der Waals surface area contributed by atoms with E-state index in [1.165, 1.54) is 55.6 Å².